The van der Waals surface area contributed by atoms with Gasteiger partial charge in [0.2, 0.25) is 0 Å². The fraction of sp³-hybridized carbons (Fsp3) is 0.176. The molecule has 9 heteroatoms. The summed E-state index contributed by atoms with van der Waals surface area (Å²) in [6.07, 6.45) is 0. The van der Waals surface area contributed by atoms with Crippen molar-refractivity contribution in [2.24, 2.45) is 0 Å². The molecule has 0 unspecified atom stereocenters. The number of carboxylic acid groups (broad SMARTS) is 3. The Morgan fingerprint density at radius 2 is 1.02 bits per heavy atom. The number of rotatable bonds is 10. The summed E-state index contributed by atoms with van der Waals surface area (Å²) in [5, 5.41) is 28.8. The average molecular weight is 582 g/mol. The standard InChI is InChI=1S/C34H31NO8/c1-34(2,3)23-11-15-25(16-12-23)43-24-13-9-22(10-14-24)20-35(19-21-7-5-4-6-8-21)30(36)26-17-28(32(39)40)29(33(41)42)18-27(26)31(37)38/h4-18H,19-20H2,1-3H3,(H,37,38)(H,39,40)(H,41,42). The second-order valence-corrected chi connectivity index (χ2v) is 11.0. The Balaban J connectivity index is 1.64. The lowest BCUT2D eigenvalue weighted by Crippen LogP contribution is -2.32. The van der Waals surface area contributed by atoms with E-state index in [1.54, 1.807) is 48.5 Å². The first-order chi connectivity index (χ1) is 20.3. The van der Waals surface area contributed by atoms with Crippen molar-refractivity contribution < 1.29 is 39.2 Å². The summed E-state index contributed by atoms with van der Waals surface area (Å²) in [5.41, 5.74) is 0.220. The summed E-state index contributed by atoms with van der Waals surface area (Å²) in [6, 6.07) is 25.4. The van der Waals surface area contributed by atoms with Gasteiger partial charge in [-0.15, -0.1) is 0 Å². The Kier molecular flexibility index (Phi) is 8.95. The van der Waals surface area contributed by atoms with Gasteiger partial charge in [0.15, 0.2) is 0 Å². The van der Waals surface area contributed by atoms with E-state index in [0.29, 0.717) is 23.1 Å². The monoisotopic (exact) mass is 581 g/mol. The molecule has 0 radical (unpaired) electrons. The maximum atomic E-state index is 13.8. The molecular weight excluding hydrogens is 550 g/mol. The van der Waals surface area contributed by atoms with E-state index in [0.717, 1.165) is 11.6 Å². The van der Waals surface area contributed by atoms with Gasteiger partial charge in [0.05, 0.1) is 22.3 Å². The predicted molar refractivity (Wildman–Crippen MR) is 159 cm³/mol. The van der Waals surface area contributed by atoms with Crippen molar-refractivity contribution in [1.82, 2.24) is 4.90 Å². The van der Waals surface area contributed by atoms with Crippen molar-refractivity contribution >= 4 is 23.8 Å². The van der Waals surface area contributed by atoms with Crippen LogP contribution in [0.4, 0.5) is 0 Å². The maximum absolute atomic E-state index is 13.8. The number of hydrogen-bond acceptors (Lipinski definition) is 5. The summed E-state index contributed by atoms with van der Waals surface area (Å²) < 4.78 is 5.98. The van der Waals surface area contributed by atoms with Crippen LogP contribution in [0.3, 0.4) is 0 Å². The van der Waals surface area contributed by atoms with Gasteiger partial charge in [0.1, 0.15) is 11.5 Å². The number of ether oxygens (including phenoxy) is 1. The van der Waals surface area contributed by atoms with Crippen LogP contribution < -0.4 is 4.74 Å². The van der Waals surface area contributed by atoms with E-state index in [2.05, 4.69) is 20.8 Å². The third-order valence-corrected chi connectivity index (χ3v) is 6.84. The van der Waals surface area contributed by atoms with E-state index in [-0.39, 0.29) is 18.5 Å². The molecule has 0 aliphatic heterocycles. The third kappa shape index (κ3) is 7.45. The van der Waals surface area contributed by atoms with Crippen LogP contribution in [-0.4, -0.2) is 44.0 Å². The molecular formula is C34H31NO8. The van der Waals surface area contributed by atoms with Crippen LogP contribution in [0.5, 0.6) is 11.5 Å². The molecule has 0 spiro atoms. The molecule has 0 atom stereocenters. The lowest BCUT2D eigenvalue weighted by atomic mass is 9.87. The highest BCUT2D eigenvalue weighted by molar-refractivity contribution is 6.10. The van der Waals surface area contributed by atoms with Gasteiger partial charge in [-0.05, 0) is 58.5 Å². The van der Waals surface area contributed by atoms with Gasteiger partial charge in [0, 0.05) is 13.1 Å². The highest BCUT2D eigenvalue weighted by Crippen LogP contribution is 2.28. The molecule has 220 valence electrons. The van der Waals surface area contributed by atoms with Crippen LogP contribution in [0, 0.1) is 0 Å². The summed E-state index contributed by atoms with van der Waals surface area (Å²) in [6.45, 7) is 6.53. The lowest BCUT2D eigenvalue weighted by Gasteiger charge is -2.24. The molecule has 4 aromatic carbocycles. The van der Waals surface area contributed by atoms with Gasteiger partial charge in [-0.25, -0.2) is 14.4 Å². The minimum Gasteiger partial charge on any atom is -0.478 e. The van der Waals surface area contributed by atoms with Crippen molar-refractivity contribution in [2.45, 2.75) is 39.3 Å². The molecule has 0 saturated carbocycles. The van der Waals surface area contributed by atoms with Crippen LogP contribution in [0.1, 0.15) is 78.9 Å². The number of nitrogens with zero attached hydrogens (tertiary/aromatic N) is 1. The zero-order valence-corrected chi connectivity index (χ0v) is 23.9. The Bertz CT molecular complexity index is 1650. The average Bonchev–Trinajstić information content (AvgIpc) is 2.97. The molecule has 0 bridgehead atoms. The summed E-state index contributed by atoms with van der Waals surface area (Å²) in [4.78, 5) is 50.7. The number of carbonyl (C=O) groups is 4. The minimum atomic E-state index is -1.62. The van der Waals surface area contributed by atoms with Crippen molar-refractivity contribution in [3.05, 3.63) is 130 Å². The van der Waals surface area contributed by atoms with E-state index >= 15 is 0 Å². The molecule has 1 amide bonds. The Labute approximate surface area is 248 Å². The van der Waals surface area contributed by atoms with Gasteiger partial charge in [-0.2, -0.15) is 0 Å². The van der Waals surface area contributed by atoms with Crippen molar-refractivity contribution in [3.63, 3.8) is 0 Å². The van der Waals surface area contributed by atoms with Crippen LogP contribution in [0.15, 0.2) is 91.0 Å². The fourth-order valence-corrected chi connectivity index (χ4v) is 4.52. The molecule has 0 saturated heterocycles. The molecule has 0 aromatic heterocycles. The van der Waals surface area contributed by atoms with Crippen molar-refractivity contribution in [2.75, 3.05) is 0 Å². The number of benzene rings is 4. The van der Waals surface area contributed by atoms with Gasteiger partial charge in [0.25, 0.3) is 5.91 Å². The predicted octanol–water partition coefficient (Wildman–Crippen LogP) is 6.71. The summed E-state index contributed by atoms with van der Waals surface area (Å²) in [7, 11) is 0. The highest BCUT2D eigenvalue weighted by atomic mass is 16.5. The Morgan fingerprint density at radius 3 is 1.49 bits per heavy atom. The van der Waals surface area contributed by atoms with E-state index in [1.165, 1.54) is 10.5 Å². The summed E-state index contributed by atoms with van der Waals surface area (Å²) >= 11 is 0. The normalized spacial score (nSPS) is 11.0. The SMILES string of the molecule is CC(C)(C)c1ccc(Oc2ccc(CN(Cc3ccccc3)C(=O)c3cc(C(=O)O)c(C(=O)O)cc3C(=O)O)cc2)cc1. The maximum Gasteiger partial charge on any atom is 0.336 e. The Hall–Kier alpha value is -5.44. The van der Waals surface area contributed by atoms with Gasteiger partial charge in [-0.1, -0.05) is 75.4 Å². The van der Waals surface area contributed by atoms with Crippen molar-refractivity contribution in [1.29, 1.82) is 0 Å². The van der Waals surface area contributed by atoms with Crippen LogP contribution in [0.25, 0.3) is 0 Å². The summed E-state index contributed by atoms with van der Waals surface area (Å²) in [5.74, 6) is -4.29. The topological polar surface area (TPSA) is 141 Å². The highest BCUT2D eigenvalue weighted by Gasteiger charge is 2.28. The van der Waals surface area contributed by atoms with Crippen LogP contribution >= 0.6 is 0 Å². The quantitative estimate of drug-likeness (QED) is 0.188. The van der Waals surface area contributed by atoms with Crippen LogP contribution in [-0.2, 0) is 18.5 Å². The second-order valence-electron chi connectivity index (χ2n) is 11.0. The number of hydrogen-bond donors (Lipinski definition) is 3. The molecule has 43 heavy (non-hydrogen) atoms. The number of carboxylic acids is 3. The molecule has 4 aromatic rings. The molecule has 4 rings (SSSR count). The van der Waals surface area contributed by atoms with Gasteiger partial charge >= 0.3 is 17.9 Å². The molecule has 3 N–H and O–H groups in total. The van der Waals surface area contributed by atoms with E-state index in [4.69, 9.17) is 4.74 Å². The third-order valence-electron chi connectivity index (χ3n) is 6.84. The smallest absolute Gasteiger partial charge is 0.336 e. The molecule has 0 heterocycles. The Morgan fingerprint density at radius 1 is 0.605 bits per heavy atom. The first-order valence-corrected chi connectivity index (χ1v) is 13.4. The number of carbonyl (C=O) groups excluding carboxylic acids is 1. The largest absolute Gasteiger partial charge is 0.478 e. The second kappa shape index (κ2) is 12.6. The van der Waals surface area contributed by atoms with E-state index in [1.807, 2.05) is 30.3 Å². The van der Waals surface area contributed by atoms with Crippen LogP contribution in [0.2, 0.25) is 0 Å². The zero-order chi connectivity index (χ0) is 31.3. The number of amides is 1. The van der Waals surface area contributed by atoms with Gasteiger partial charge < -0.3 is 25.0 Å². The molecule has 0 aliphatic rings. The first-order valence-electron chi connectivity index (χ1n) is 13.4. The lowest BCUT2D eigenvalue weighted by molar-refractivity contribution is 0.0643. The molecule has 0 aliphatic carbocycles. The van der Waals surface area contributed by atoms with Gasteiger partial charge in [-0.3, -0.25) is 4.79 Å². The zero-order valence-electron chi connectivity index (χ0n) is 23.9. The van der Waals surface area contributed by atoms with E-state index in [9.17, 15) is 34.5 Å². The minimum absolute atomic E-state index is 0.0158. The molecule has 9 nitrogen and oxygen atoms in total. The molecule has 0 fully saturated rings. The number of aromatic carboxylic acids is 3. The fourth-order valence-electron chi connectivity index (χ4n) is 4.52. The first kappa shape index (κ1) is 30.5. The van der Waals surface area contributed by atoms with E-state index < -0.39 is 46.1 Å². The van der Waals surface area contributed by atoms with Crippen molar-refractivity contribution in [3.8, 4) is 11.5 Å².